The van der Waals surface area contributed by atoms with Crippen molar-refractivity contribution < 1.29 is 9.63 Å². The van der Waals surface area contributed by atoms with Crippen molar-refractivity contribution >= 4 is 57.8 Å². The van der Waals surface area contributed by atoms with Crippen molar-refractivity contribution in [1.82, 2.24) is 4.98 Å². The van der Waals surface area contributed by atoms with Crippen molar-refractivity contribution in [1.29, 1.82) is 0 Å². The van der Waals surface area contributed by atoms with E-state index in [1.807, 2.05) is 60.0 Å². The second-order valence-electron chi connectivity index (χ2n) is 6.08. The van der Waals surface area contributed by atoms with E-state index in [1.54, 1.807) is 23.9 Å². The molecule has 0 saturated heterocycles. The molecule has 4 nitrogen and oxygen atoms in total. The third-order valence-electron chi connectivity index (χ3n) is 4.06. The Bertz CT molecular complexity index is 1160. The monoisotopic (exact) mass is 438 g/mol. The zero-order valence-corrected chi connectivity index (χ0v) is 17.5. The number of fused-ring (bicyclic) bond motifs is 1. The van der Waals surface area contributed by atoms with Crippen LogP contribution >= 0.6 is 34.7 Å². The van der Waals surface area contributed by atoms with Crippen LogP contribution in [-0.4, -0.2) is 17.2 Å². The van der Waals surface area contributed by atoms with Gasteiger partial charge in [-0.05, 0) is 41.3 Å². The molecule has 29 heavy (non-hydrogen) atoms. The lowest BCUT2D eigenvalue weighted by Gasteiger charge is -2.07. The summed E-state index contributed by atoms with van der Waals surface area (Å²) in [4.78, 5) is 22.3. The Hall–Kier alpha value is -2.67. The molecule has 0 bridgehead atoms. The second kappa shape index (κ2) is 9.22. The average Bonchev–Trinajstić information content (AvgIpc) is 3.28. The number of hydrogen-bond donors (Lipinski definition) is 0. The first-order valence-electron chi connectivity index (χ1n) is 8.74. The van der Waals surface area contributed by atoms with Gasteiger partial charge in [0.15, 0.2) is 0 Å². The van der Waals surface area contributed by atoms with Gasteiger partial charge in [0.05, 0.1) is 11.7 Å². The summed E-state index contributed by atoms with van der Waals surface area (Å²) in [5.74, 6) is 0.263. The van der Waals surface area contributed by atoms with Crippen LogP contribution in [0.2, 0.25) is 5.02 Å². The van der Waals surface area contributed by atoms with Crippen molar-refractivity contribution in [3.8, 4) is 0 Å². The molecule has 7 heteroatoms. The molecule has 2 aromatic heterocycles. The number of carbonyl (C=O) groups is 1. The first-order valence-corrected chi connectivity index (χ1v) is 11.0. The molecular formula is C22H15ClN2O2S2. The van der Waals surface area contributed by atoms with Crippen LogP contribution in [-0.2, 0) is 10.6 Å². The Morgan fingerprint density at radius 2 is 1.97 bits per heavy atom. The summed E-state index contributed by atoms with van der Waals surface area (Å²) < 4.78 is 0. The number of carbonyl (C=O) groups excluding carboxylic acids is 1. The molecular weight excluding hydrogens is 424 g/mol. The van der Waals surface area contributed by atoms with Crippen molar-refractivity contribution in [3.63, 3.8) is 0 Å². The summed E-state index contributed by atoms with van der Waals surface area (Å²) in [6.45, 7) is 0. The maximum Gasteiger partial charge on any atom is 0.375 e. The second-order valence-corrected chi connectivity index (χ2v) is 8.43. The first-order chi connectivity index (χ1) is 14.2. The van der Waals surface area contributed by atoms with E-state index in [4.69, 9.17) is 21.4 Å². The maximum atomic E-state index is 12.0. The highest BCUT2D eigenvalue weighted by molar-refractivity contribution is 7.98. The molecule has 0 amide bonds. The standard InChI is InChI=1S/C22H15ClN2O2S2/c23-18-9-7-15(8-10-18)14-29-21-17(12-16-4-1-2-5-19(16)25-21)13-24-27-22(26)20-6-3-11-28-20/h1-13H,14H2/b24-13-. The number of benzene rings is 2. The minimum atomic E-state index is -0.472. The van der Waals surface area contributed by atoms with Gasteiger partial charge in [-0.3, -0.25) is 0 Å². The number of hydrogen-bond acceptors (Lipinski definition) is 6. The van der Waals surface area contributed by atoms with E-state index in [9.17, 15) is 4.79 Å². The molecule has 0 aliphatic rings. The zero-order valence-electron chi connectivity index (χ0n) is 15.1. The summed E-state index contributed by atoms with van der Waals surface area (Å²) in [6.07, 6.45) is 1.54. The third kappa shape index (κ3) is 5.03. The van der Waals surface area contributed by atoms with Crippen molar-refractivity contribution in [3.05, 3.63) is 93.1 Å². The first kappa shape index (κ1) is 19.6. The van der Waals surface area contributed by atoms with Gasteiger partial charge in [0.25, 0.3) is 0 Å². The Morgan fingerprint density at radius 1 is 1.14 bits per heavy atom. The Kier molecular flexibility index (Phi) is 6.24. The molecule has 0 fully saturated rings. The number of para-hydroxylation sites is 1. The largest absolute Gasteiger partial charge is 0.375 e. The molecule has 0 spiro atoms. The van der Waals surface area contributed by atoms with Gasteiger partial charge in [-0.25, -0.2) is 9.78 Å². The van der Waals surface area contributed by atoms with E-state index in [1.165, 1.54) is 17.6 Å². The molecule has 0 N–H and O–H groups in total. The number of oxime groups is 1. The summed E-state index contributed by atoms with van der Waals surface area (Å²) >= 11 is 8.87. The third-order valence-corrected chi connectivity index (χ3v) is 6.24. The number of pyridine rings is 1. The Morgan fingerprint density at radius 3 is 2.76 bits per heavy atom. The minimum absolute atomic E-state index is 0.472. The van der Waals surface area contributed by atoms with Gasteiger partial charge in [0.1, 0.15) is 9.90 Å². The lowest BCUT2D eigenvalue weighted by atomic mass is 10.2. The van der Waals surface area contributed by atoms with Crippen LogP contribution in [0.4, 0.5) is 0 Å². The molecule has 4 aromatic rings. The van der Waals surface area contributed by atoms with Crippen LogP contribution in [0.1, 0.15) is 20.8 Å². The topological polar surface area (TPSA) is 51.5 Å². The fourth-order valence-corrected chi connectivity index (χ4v) is 4.28. The number of halogens is 1. The van der Waals surface area contributed by atoms with Crippen molar-refractivity contribution in [2.24, 2.45) is 5.16 Å². The Labute approximate surface area is 181 Å². The van der Waals surface area contributed by atoms with E-state index in [0.29, 0.717) is 9.90 Å². The number of rotatable bonds is 6. The molecule has 0 saturated carbocycles. The van der Waals surface area contributed by atoms with Gasteiger partial charge >= 0.3 is 5.97 Å². The van der Waals surface area contributed by atoms with Crippen LogP contribution in [0, 0.1) is 0 Å². The maximum absolute atomic E-state index is 12.0. The molecule has 0 radical (unpaired) electrons. The van der Waals surface area contributed by atoms with E-state index >= 15 is 0 Å². The Balaban J connectivity index is 1.56. The van der Waals surface area contributed by atoms with Crippen molar-refractivity contribution in [2.75, 3.05) is 0 Å². The number of nitrogens with zero attached hydrogens (tertiary/aromatic N) is 2. The van der Waals surface area contributed by atoms with E-state index < -0.39 is 5.97 Å². The van der Waals surface area contributed by atoms with Gasteiger partial charge in [0.2, 0.25) is 0 Å². The lowest BCUT2D eigenvalue weighted by Crippen LogP contribution is -1.99. The average molecular weight is 439 g/mol. The molecule has 0 atom stereocenters. The van der Waals surface area contributed by atoms with Gasteiger partial charge in [-0.1, -0.05) is 53.2 Å². The van der Waals surface area contributed by atoms with E-state index in [0.717, 1.165) is 32.8 Å². The SMILES string of the molecule is O=C(O/N=C\c1cc2ccccc2nc1SCc1ccc(Cl)cc1)c1cccs1. The van der Waals surface area contributed by atoms with Gasteiger partial charge in [0, 0.05) is 21.7 Å². The lowest BCUT2D eigenvalue weighted by molar-refractivity contribution is 0.0525. The van der Waals surface area contributed by atoms with Gasteiger partial charge in [-0.2, -0.15) is 0 Å². The van der Waals surface area contributed by atoms with Crippen LogP contribution < -0.4 is 0 Å². The van der Waals surface area contributed by atoms with E-state index in [2.05, 4.69) is 5.16 Å². The summed E-state index contributed by atoms with van der Waals surface area (Å²) in [5, 5.41) is 8.23. The fraction of sp³-hybridized carbons (Fsp3) is 0.0455. The van der Waals surface area contributed by atoms with Crippen molar-refractivity contribution in [2.45, 2.75) is 10.8 Å². The predicted octanol–water partition coefficient (Wildman–Crippen LogP) is 6.43. The molecule has 0 aliphatic carbocycles. The highest BCUT2D eigenvalue weighted by atomic mass is 35.5. The summed E-state index contributed by atoms with van der Waals surface area (Å²) in [5.41, 5.74) is 2.84. The predicted molar refractivity (Wildman–Crippen MR) is 120 cm³/mol. The molecule has 2 heterocycles. The highest BCUT2D eigenvalue weighted by Crippen LogP contribution is 2.27. The molecule has 4 rings (SSSR count). The number of thioether (sulfide) groups is 1. The molecule has 144 valence electrons. The van der Waals surface area contributed by atoms with Crippen LogP contribution in [0.15, 0.2) is 82.3 Å². The van der Waals surface area contributed by atoms with Crippen LogP contribution in [0.5, 0.6) is 0 Å². The zero-order chi connectivity index (χ0) is 20.1. The summed E-state index contributed by atoms with van der Waals surface area (Å²) in [7, 11) is 0. The smallest absolute Gasteiger partial charge is 0.312 e. The summed E-state index contributed by atoms with van der Waals surface area (Å²) in [6, 6.07) is 21.1. The van der Waals surface area contributed by atoms with Gasteiger partial charge in [-0.15, -0.1) is 23.1 Å². The van der Waals surface area contributed by atoms with E-state index in [-0.39, 0.29) is 0 Å². The number of aromatic nitrogens is 1. The molecule has 2 aromatic carbocycles. The normalized spacial score (nSPS) is 11.2. The van der Waals surface area contributed by atoms with Crippen LogP contribution in [0.3, 0.4) is 0 Å². The minimum Gasteiger partial charge on any atom is -0.312 e. The fourth-order valence-electron chi connectivity index (χ4n) is 2.63. The van der Waals surface area contributed by atoms with Crippen LogP contribution in [0.25, 0.3) is 10.9 Å². The molecule has 0 aliphatic heterocycles. The number of thiophene rings is 1. The van der Waals surface area contributed by atoms with Gasteiger partial charge < -0.3 is 4.84 Å². The molecule has 0 unspecified atom stereocenters. The quantitative estimate of drug-likeness (QED) is 0.150. The highest BCUT2D eigenvalue weighted by Gasteiger charge is 2.09.